The second kappa shape index (κ2) is 3.67. The third kappa shape index (κ3) is 1.53. The van der Waals surface area contributed by atoms with E-state index in [4.69, 9.17) is 0 Å². The van der Waals surface area contributed by atoms with Crippen LogP contribution in [-0.2, 0) is 12.1 Å². The first-order chi connectivity index (χ1) is 6.76. The smallest absolute Gasteiger partial charge is 0.160 e. The Morgan fingerprint density at radius 3 is 3.21 bits per heavy atom. The van der Waals surface area contributed by atoms with Crippen molar-refractivity contribution in [1.29, 1.82) is 0 Å². The van der Waals surface area contributed by atoms with Crippen LogP contribution < -0.4 is 5.32 Å². The van der Waals surface area contributed by atoms with Crippen molar-refractivity contribution in [2.24, 2.45) is 0 Å². The minimum Gasteiger partial charge on any atom is -0.381 e. The summed E-state index contributed by atoms with van der Waals surface area (Å²) in [5.74, 6) is 0.687. The summed E-state index contributed by atoms with van der Waals surface area (Å²) >= 11 is 0. The minimum atomic E-state index is -0.829. The molecule has 2 rings (SSSR count). The molecule has 1 aromatic heterocycles. The Labute approximate surface area is 83.2 Å². The van der Waals surface area contributed by atoms with Crippen LogP contribution in [0.5, 0.6) is 0 Å². The van der Waals surface area contributed by atoms with Gasteiger partial charge in [-0.15, -0.1) is 0 Å². The van der Waals surface area contributed by atoms with Gasteiger partial charge in [-0.05, 0) is 26.3 Å². The molecule has 0 saturated carbocycles. The first-order valence-corrected chi connectivity index (χ1v) is 5.07. The Kier molecular flexibility index (Phi) is 2.52. The lowest BCUT2D eigenvalue weighted by Crippen LogP contribution is -2.45. The molecular weight excluding hydrogens is 180 g/mol. The van der Waals surface area contributed by atoms with Crippen molar-refractivity contribution in [1.82, 2.24) is 20.1 Å². The van der Waals surface area contributed by atoms with Crippen molar-refractivity contribution in [3.63, 3.8) is 0 Å². The Morgan fingerprint density at radius 2 is 2.57 bits per heavy atom. The first kappa shape index (κ1) is 9.61. The molecule has 5 heteroatoms. The number of piperidine rings is 1. The molecule has 2 N–H and O–H groups in total. The van der Waals surface area contributed by atoms with Crippen molar-refractivity contribution in [3.05, 3.63) is 12.2 Å². The molecule has 5 nitrogen and oxygen atoms in total. The predicted molar refractivity (Wildman–Crippen MR) is 51.7 cm³/mol. The normalized spacial score (nSPS) is 27.9. The minimum absolute atomic E-state index is 0.575. The maximum Gasteiger partial charge on any atom is 0.160 e. The summed E-state index contributed by atoms with van der Waals surface area (Å²) in [6, 6.07) is 0. The van der Waals surface area contributed by atoms with Gasteiger partial charge in [-0.25, -0.2) is 9.67 Å². The van der Waals surface area contributed by atoms with Gasteiger partial charge >= 0.3 is 0 Å². The van der Waals surface area contributed by atoms with Crippen LogP contribution in [0.1, 0.15) is 25.6 Å². The molecule has 0 bridgehead atoms. The molecule has 14 heavy (non-hydrogen) atoms. The SMILES string of the molecule is CCn1ncnc1C1(O)CCCNC1. The van der Waals surface area contributed by atoms with E-state index in [0.717, 1.165) is 25.9 Å². The molecule has 1 unspecified atom stereocenters. The van der Waals surface area contributed by atoms with Gasteiger partial charge in [0, 0.05) is 13.1 Å². The summed E-state index contributed by atoms with van der Waals surface area (Å²) in [5.41, 5.74) is -0.829. The zero-order valence-electron chi connectivity index (χ0n) is 8.40. The van der Waals surface area contributed by atoms with Crippen LogP contribution in [0.25, 0.3) is 0 Å². The highest BCUT2D eigenvalue weighted by Crippen LogP contribution is 2.26. The summed E-state index contributed by atoms with van der Waals surface area (Å²) in [6.45, 7) is 4.30. The number of hydrogen-bond acceptors (Lipinski definition) is 4. The quantitative estimate of drug-likeness (QED) is 0.691. The molecule has 0 radical (unpaired) electrons. The van der Waals surface area contributed by atoms with Gasteiger partial charge in [-0.3, -0.25) is 0 Å². The Hall–Kier alpha value is -0.940. The largest absolute Gasteiger partial charge is 0.381 e. The summed E-state index contributed by atoms with van der Waals surface area (Å²) < 4.78 is 1.76. The van der Waals surface area contributed by atoms with Gasteiger partial charge in [0.1, 0.15) is 11.9 Å². The molecule has 1 fully saturated rings. The van der Waals surface area contributed by atoms with Gasteiger partial charge in [-0.1, -0.05) is 0 Å². The molecule has 1 saturated heterocycles. The van der Waals surface area contributed by atoms with Crippen LogP contribution in [0.15, 0.2) is 6.33 Å². The average molecular weight is 196 g/mol. The fraction of sp³-hybridized carbons (Fsp3) is 0.778. The maximum atomic E-state index is 10.4. The lowest BCUT2D eigenvalue weighted by atomic mass is 9.93. The monoisotopic (exact) mass is 196 g/mol. The standard InChI is InChI=1S/C9H16N4O/c1-2-13-8(11-7-12-13)9(14)4-3-5-10-6-9/h7,10,14H,2-6H2,1H3. The van der Waals surface area contributed by atoms with Gasteiger partial charge in [-0.2, -0.15) is 5.10 Å². The number of rotatable bonds is 2. The summed E-state index contributed by atoms with van der Waals surface area (Å²) in [7, 11) is 0. The van der Waals surface area contributed by atoms with E-state index in [0.29, 0.717) is 12.4 Å². The molecule has 1 aromatic rings. The Morgan fingerprint density at radius 1 is 1.71 bits per heavy atom. The van der Waals surface area contributed by atoms with Crippen LogP contribution in [0.3, 0.4) is 0 Å². The van der Waals surface area contributed by atoms with Crippen molar-refractivity contribution in [3.8, 4) is 0 Å². The Balaban J connectivity index is 2.27. The van der Waals surface area contributed by atoms with E-state index in [2.05, 4.69) is 15.4 Å². The summed E-state index contributed by atoms with van der Waals surface area (Å²) in [6.07, 6.45) is 3.25. The number of nitrogens with one attached hydrogen (secondary N) is 1. The molecule has 78 valence electrons. The first-order valence-electron chi connectivity index (χ1n) is 5.07. The zero-order valence-corrected chi connectivity index (χ0v) is 8.40. The lowest BCUT2D eigenvalue weighted by molar-refractivity contribution is -0.0000529. The number of aromatic nitrogens is 3. The van der Waals surface area contributed by atoms with Crippen LogP contribution >= 0.6 is 0 Å². The number of β-amino-alcohol motifs (C(OH)–C–C–N with tert-alkyl or cyclic N) is 1. The van der Waals surface area contributed by atoms with Crippen molar-refractivity contribution < 1.29 is 5.11 Å². The second-order valence-corrected chi connectivity index (χ2v) is 3.71. The molecule has 0 spiro atoms. The van der Waals surface area contributed by atoms with Crippen molar-refractivity contribution >= 4 is 0 Å². The number of aryl methyl sites for hydroxylation is 1. The lowest BCUT2D eigenvalue weighted by Gasteiger charge is -2.31. The fourth-order valence-corrected chi connectivity index (χ4v) is 1.94. The van der Waals surface area contributed by atoms with E-state index in [1.807, 2.05) is 6.92 Å². The highest BCUT2D eigenvalue weighted by molar-refractivity contribution is 5.04. The molecule has 1 atom stereocenters. The number of hydrogen-bond donors (Lipinski definition) is 2. The van der Waals surface area contributed by atoms with Gasteiger partial charge in [0.05, 0.1) is 0 Å². The molecule has 0 aromatic carbocycles. The van der Waals surface area contributed by atoms with Gasteiger partial charge < -0.3 is 10.4 Å². The van der Waals surface area contributed by atoms with Gasteiger partial charge in [0.2, 0.25) is 0 Å². The predicted octanol–water partition coefficient (Wildman–Crippen LogP) is -0.131. The van der Waals surface area contributed by atoms with Crippen LogP contribution in [0.2, 0.25) is 0 Å². The third-order valence-corrected chi connectivity index (χ3v) is 2.69. The maximum absolute atomic E-state index is 10.4. The topological polar surface area (TPSA) is 63.0 Å². The van der Waals surface area contributed by atoms with Crippen molar-refractivity contribution in [2.45, 2.75) is 31.9 Å². The van der Waals surface area contributed by atoms with E-state index in [1.54, 1.807) is 4.68 Å². The van der Waals surface area contributed by atoms with E-state index in [9.17, 15) is 5.11 Å². The van der Waals surface area contributed by atoms with E-state index in [-0.39, 0.29) is 0 Å². The number of aliphatic hydroxyl groups is 1. The summed E-state index contributed by atoms with van der Waals surface area (Å²) in [5, 5.41) is 17.6. The van der Waals surface area contributed by atoms with Crippen LogP contribution in [0, 0.1) is 0 Å². The van der Waals surface area contributed by atoms with E-state index in [1.165, 1.54) is 6.33 Å². The third-order valence-electron chi connectivity index (χ3n) is 2.69. The van der Waals surface area contributed by atoms with Crippen molar-refractivity contribution in [2.75, 3.05) is 13.1 Å². The molecule has 2 heterocycles. The van der Waals surface area contributed by atoms with Crippen LogP contribution in [0.4, 0.5) is 0 Å². The molecule has 1 aliphatic heterocycles. The highest BCUT2D eigenvalue weighted by Gasteiger charge is 2.35. The van der Waals surface area contributed by atoms with E-state index < -0.39 is 5.60 Å². The van der Waals surface area contributed by atoms with Gasteiger partial charge in [0.15, 0.2) is 5.82 Å². The van der Waals surface area contributed by atoms with Crippen LogP contribution in [-0.4, -0.2) is 33.0 Å². The fourth-order valence-electron chi connectivity index (χ4n) is 1.94. The zero-order chi connectivity index (χ0) is 10.0. The summed E-state index contributed by atoms with van der Waals surface area (Å²) in [4.78, 5) is 4.14. The second-order valence-electron chi connectivity index (χ2n) is 3.71. The van der Waals surface area contributed by atoms with E-state index >= 15 is 0 Å². The highest BCUT2D eigenvalue weighted by atomic mass is 16.3. The molecule has 0 aliphatic carbocycles. The average Bonchev–Trinajstić information content (AvgIpc) is 2.67. The molecular formula is C9H16N4O. The van der Waals surface area contributed by atoms with Gasteiger partial charge in [0.25, 0.3) is 0 Å². The molecule has 0 amide bonds. The number of nitrogens with zero attached hydrogens (tertiary/aromatic N) is 3. The molecule has 1 aliphatic rings. The Bertz CT molecular complexity index is 304.